The molecule has 0 heterocycles. The van der Waals surface area contributed by atoms with E-state index in [1.54, 1.807) is 6.92 Å². The van der Waals surface area contributed by atoms with Crippen molar-refractivity contribution in [2.24, 2.45) is 0 Å². The molecule has 0 radical (unpaired) electrons. The lowest BCUT2D eigenvalue weighted by atomic mass is 10.1. The van der Waals surface area contributed by atoms with Crippen LogP contribution in [0.1, 0.15) is 25.8 Å². The topological polar surface area (TPSA) is 38.3 Å². The van der Waals surface area contributed by atoms with Crippen molar-refractivity contribution >= 4 is 11.7 Å². The molecule has 1 aromatic carbocycles. The Morgan fingerprint density at radius 2 is 2.11 bits per heavy atom. The third-order valence-corrected chi connectivity index (χ3v) is 2.74. The van der Waals surface area contributed by atoms with Crippen LogP contribution in [0.4, 0.5) is 5.69 Å². The Bertz CT molecular complexity index is 424. The summed E-state index contributed by atoms with van der Waals surface area (Å²) in [6.07, 6.45) is 4.02. The van der Waals surface area contributed by atoms with E-state index in [9.17, 15) is 4.79 Å². The van der Waals surface area contributed by atoms with E-state index in [0.29, 0.717) is 12.1 Å². The molecule has 0 atom stereocenters. The lowest BCUT2D eigenvalue weighted by molar-refractivity contribution is -0.136. The van der Waals surface area contributed by atoms with Crippen molar-refractivity contribution in [2.45, 2.75) is 26.7 Å². The van der Waals surface area contributed by atoms with Crippen LogP contribution in [0.2, 0.25) is 0 Å². The molecule has 0 saturated heterocycles. The highest BCUT2D eigenvalue weighted by Crippen LogP contribution is 2.16. The first-order valence-electron chi connectivity index (χ1n) is 6.25. The standard InChI is InChI=1S/C15H21NO2/c1-4-7-13-8-5-6-9-14(13)16-11-10-12(2)15(17)18-3/h5-6,8-10,16H,4,7,11H2,1-3H3/b12-10-. The zero-order valence-corrected chi connectivity index (χ0v) is 11.3. The average Bonchev–Trinajstić information content (AvgIpc) is 2.40. The third-order valence-electron chi connectivity index (χ3n) is 2.74. The van der Waals surface area contributed by atoms with Crippen molar-refractivity contribution in [3.63, 3.8) is 0 Å². The second kappa shape index (κ2) is 7.54. The minimum Gasteiger partial charge on any atom is -0.466 e. The molecule has 0 spiro atoms. The van der Waals surface area contributed by atoms with E-state index in [0.717, 1.165) is 18.5 Å². The minimum absolute atomic E-state index is 0.279. The van der Waals surface area contributed by atoms with E-state index < -0.39 is 0 Å². The number of para-hydroxylation sites is 1. The number of rotatable bonds is 6. The third kappa shape index (κ3) is 4.24. The number of carbonyl (C=O) groups is 1. The molecule has 98 valence electrons. The first-order chi connectivity index (χ1) is 8.69. The summed E-state index contributed by atoms with van der Waals surface area (Å²) in [6.45, 7) is 4.55. The van der Waals surface area contributed by atoms with E-state index in [1.807, 2.05) is 18.2 Å². The van der Waals surface area contributed by atoms with Crippen LogP contribution in [-0.2, 0) is 16.0 Å². The van der Waals surface area contributed by atoms with Gasteiger partial charge in [-0.2, -0.15) is 0 Å². The number of anilines is 1. The van der Waals surface area contributed by atoms with Gasteiger partial charge in [-0.1, -0.05) is 37.6 Å². The van der Waals surface area contributed by atoms with E-state index >= 15 is 0 Å². The molecule has 3 nitrogen and oxygen atoms in total. The summed E-state index contributed by atoms with van der Waals surface area (Å²) >= 11 is 0. The molecule has 18 heavy (non-hydrogen) atoms. The second-order valence-electron chi connectivity index (χ2n) is 4.17. The first-order valence-corrected chi connectivity index (χ1v) is 6.25. The Labute approximate surface area is 109 Å². The minimum atomic E-state index is -0.279. The first kappa shape index (κ1) is 14.3. The maximum Gasteiger partial charge on any atom is 0.333 e. The van der Waals surface area contributed by atoms with E-state index in [4.69, 9.17) is 0 Å². The number of aryl methyl sites for hydroxylation is 1. The molecule has 0 saturated carbocycles. The molecule has 0 aliphatic heterocycles. The summed E-state index contributed by atoms with van der Waals surface area (Å²) in [5.41, 5.74) is 3.07. The fourth-order valence-corrected chi connectivity index (χ4v) is 1.74. The van der Waals surface area contributed by atoms with Crippen LogP contribution in [-0.4, -0.2) is 19.6 Å². The van der Waals surface area contributed by atoms with Gasteiger partial charge < -0.3 is 10.1 Å². The molecule has 0 amide bonds. The smallest absolute Gasteiger partial charge is 0.333 e. The maximum absolute atomic E-state index is 11.2. The number of hydrogen-bond donors (Lipinski definition) is 1. The fraction of sp³-hybridized carbons (Fsp3) is 0.400. The number of nitrogens with one attached hydrogen (secondary N) is 1. The van der Waals surface area contributed by atoms with Crippen LogP contribution in [0, 0.1) is 0 Å². The van der Waals surface area contributed by atoms with Gasteiger partial charge in [-0.25, -0.2) is 4.79 Å². The largest absolute Gasteiger partial charge is 0.466 e. The Morgan fingerprint density at radius 3 is 2.78 bits per heavy atom. The zero-order chi connectivity index (χ0) is 13.4. The number of methoxy groups -OCH3 is 1. The van der Waals surface area contributed by atoms with Gasteiger partial charge in [0.2, 0.25) is 0 Å². The molecule has 1 rings (SSSR count). The molecular formula is C15H21NO2. The summed E-state index contributed by atoms with van der Waals surface area (Å²) in [5.74, 6) is -0.279. The van der Waals surface area contributed by atoms with E-state index in [-0.39, 0.29) is 5.97 Å². The lowest BCUT2D eigenvalue weighted by Crippen LogP contribution is -2.06. The van der Waals surface area contributed by atoms with Crippen LogP contribution >= 0.6 is 0 Å². The summed E-state index contributed by atoms with van der Waals surface area (Å²) in [7, 11) is 1.39. The van der Waals surface area contributed by atoms with Crippen LogP contribution in [0.15, 0.2) is 35.9 Å². The molecule has 1 N–H and O–H groups in total. The Morgan fingerprint density at radius 1 is 1.39 bits per heavy atom. The Hall–Kier alpha value is -1.77. The summed E-state index contributed by atoms with van der Waals surface area (Å²) < 4.78 is 4.64. The van der Waals surface area contributed by atoms with Crippen molar-refractivity contribution in [2.75, 3.05) is 19.0 Å². The molecule has 1 aromatic rings. The van der Waals surface area contributed by atoms with Crippen LogP contribution in [0.5, 0.6) is 0 Å². The highest BCUT2D eigenvalue weighted by Gasteiger charge is 2.02. The van der Waals surface area contributed by atoms with Gasteiger partial charge >= 0.3 is 5.97 Å². The van der Waals surface area contributed by atoms with E-state index in [2.05, 4.69) is 29.1 Å². The van der Waals surface area contributed by atoms with Crippen molar-refractivity contribution < 1.29 is 9.53 Å². The van der Waals surface area contributed by atoms with Gasteiger partial charge in [0.15, 0.2) is 0 Å². The highest BCUT2D eigenvalue weighted by molar-refractivity contribution is 5.87. The van der Waals surface area contributed by atoms with E-state index in [1.165, 1.54) is 12.7 Å². The number of ether oxygens (including phenoxy) is 1. The van der Waals surface area contributed by atoms with Gasteiger partial charge in [-0.3, -0.25) is 0 Å². The molecule has 0 aliphatic rings. The van der Waals surface area contributed by atoms with Crippen molar-refractivity contribution in [1.82, 2.24) is 0 Å². The maximum atomic E-state index is 11.2. The molecule has 0 aromatic heterocycles. The predicted molar refractivity (Wildman–Crippen MR) is 74.7 cm³/mol. The summed E-state index contributed by atoms with van der Waals surface area (Å²) in [6, 6.07) is 8.25. The van der Waals surface area contributed by atoms with Gasteiger partial charge in [0.1, 0.15) is 0 Å². The van der Waals surface area contributed by atoms with Crippen molar-refractivity contribution in [3.8, 4) is 0 Å². The quantitative estimate of drug-likeness (QED) is 0.620. The number of hydrogen-bond acceptors (Lipinski definition) is 3. The molecule has 3 heteroatoms. The van der Waals surface area contributed by atoms with Gasteiger partial charge in [0.25, 0.3) is 0 Å². The molecular weight excluding hydrogens is 226 g/mol. The van der Waals surface area contributed by atoms with Crippen LogP contribution in [0.25, 0.3) is 0 Å². The Kier molecular flexibility index (Phi) is 5.98. The van der Waals surface area contributed by atoms with Gasteiger partial charge in [0, 0.05) is 17.8 Å². The van der Waals surface area contributed by atoms with Gasteiger partial charge in [-0.05, 0) is 25.0 Å². The normalized spacial score (nSPS) is 11.2. The SMILES string of the molecule is CCCc1ccccc1NC/C=C(/C)C(=O)OC. The number of carbonyl (C=O) groups excluding carboxylic acids is 1. The highest BCUT2D eigenvalue weighted by atomic mass is 16.5. The fourth-order valence-electron chi connectivity index (χ4n) is 1.74. The molecule has 0 fully saturated rings. The zero-order valence-electron chi connectivity index (χ0n) is 11.3. The summed E-state index contributed by atoms with van der Waals surface area (Å²) in [4.78, 5) is 11.2. The number of benzene rings is 1. The van der Waals surface area contributed by atoms with Gasteiger partial charge in [0.05, 0.1) is 7.11 Å². The summed E-state index contributed by atoms with van der Waals surface area (Å²) in [5, 5.41) is 3.32. The lowest BCUT2D eigenvalue weighted by Gasteiger charge is -2.10. The molecule has 0 unspecified atom stereocenters. The monoisotopic (exact) mass is 247 g/mol. The van der Waals surface area contributed by atoms with Crippen LogP contribution in [0.3, 0.4) is 0 Å². The average molecular weight is 247 g/mol. The Balaban J connectivity index is 2.61. The second-order valence-corrected chi connectivity index (χ2v) is 4.17. The number of esters is 1. The predicted octanol–water partition coefficient (Wildman–Crippen LogP) is 3.17. The molecule has 0 aliphatic carbocycles. The molecule has 0 bridgehead atoms. The van der Waals surface area contributed by atoms with Crippen LogP contribution < -0.4 is 5.32 Å². The van der Waals surface area contributed by atoms with Crippen molar-refractivity contribution in [1.29, 1.82) is 0 Å². The van der Waals surface area contributed by atoms with Crippen molar-refractivity contribution in [3.05, 3.63) is 41.5 Å². The van der Waals surface area contributed by atoms with Gasteiger partial charge in [-0.15, -0.1) is 0 Å².